The molecular weight excluding hydrogens is 374 g/mol. The second-order valence-corrected chi connectivity index (χ2v) is 5.71. The van der Waals surface area contributed by atoms with E-state index in [0.29, 0.717) is 29.0 Å². The molecule has 0 fully saturated rings. The van der Waals surface area contributed by atoms with Gasteiger partial charge in [0.15, 0.2) is 10.4 Å². The van der Waals surface area contributed by atoms with Crippen LogP contribution < -0.4 is 5.32 Å². The number of carbonyl (C=O) groups excluding carboxylic acids is 2. The first kappa shape index (κ1) is 18.0. The van der Waals surface area contributed by atoms with Gasteiger partial charge in [-0.3, -0.25) is 4.79 Å². The molecule has 2 aromatic rings. The Hall–Kier alpha value is -2.34. The van der Waals surface area contributed by atoms with Crippen molar-refractivity contribution >= 4 is 39.6 Å². The summed E-state index contributed by atoms with van der Waals surface area (Å²) in [5.74, 6) is -0.457. The molecule has 0 bridgehead atoms. The zero-order valence-electron chi connectivity index (χ0n) is 13.5. The Bertz CT molecular complexity index is 764. The molecule has 0 saturated heterocycles. The molecule has 1 aromatic heterocycles. The number of rotatable bonds is 6. The summed E-state index contributed by atoms with van der Waals surface area (Å²) in [6, 6.07) is 10.4. The van der Waals surface area contributed by atoms with E-state index >= 15 is 0 Å². The van der Waals surface area contributed by atoms with E-state index in [1.165, 1.54) is 0 Å². The molecular formula is C18H18BrNO4. The highest BCUT2D eigenvalue weighted by atomic mass is 79.9. The van der Waals surface area contributed by atoms with Gasteiger partial charge in [0.05, 0.1) is 6.61 Å². The van der Waals surface area contributed by atoms with Gasteiger partial charge in [0.2, 0.25) is 0 Å². The van der Waals surface area contributed by atoms with Crippen LogP contribution in [-0.2, 0) is 9.53 Å². The zero-order valence-corrected chi connectivity index (χ0v) is 15.1. The third kappa shape index (κ3) is 4.83. The van der Waals surface area contributed by atoms with Crippen LogP contribution in [0, 0.1) is 0 Å². The number of carbonyl (C=O) groups is 2. The zero-order chi connectivity index (χ0) is 17.5. The van der Waals surface area contributed by atoms with E-state index < -0.39 is 0 Å². The van der Waals surface area contributed by atoms with Crippen LogP contribution >= 0.6 is 15.9 Å². The Morgan fingerprint density at radius 3 is 2.67 bits per heavy atom. The first-order chi connectivity index (χ1) is 11.5. The third-order valence-electron chi connectivity index (χ3n) is 3.20. The summed E-state index contributed by atoms with van der Waals surface area (Å²) in [5, 5.41) is 2.76. The highest BCUT2D eigenvalue weighted by molar-refractivity contribution is 9.10. The van der Waals surface area contributed by atoms with E-state index in [0.717, 1.165) is 5.56 Å². The fourth-order valence-corrected chi connectivity index (χ4v) is 2.37. The predicted molar refractivity (Wildman–Crippen MR) is 95.7 cm³/mol. The molecule has 0 aliphatic carbocycles. The summed E-state index contributed by atoms with van der Waals surface area (Å²) in [5.41, 5.74) is 1.99. The smallest absolute Gasteiger partial charge is 0.333 e. The van der Waals surface area contributed by atoms with Crippen LogP contribution in [0.3, 0.4) is 0 Å². The maximum absolute atomic E-state index is 12.1. The molecule has 0 aliphatic heterocycles. The van der Waals surface area contributed by atoms with E-state index in [2.05, 4.69) is 21.2 Å². The minimum Gasteiger partial charge on any atom is -0.463 e. The van der Waals surface area contributed by atoms with Gasteiger partial charge in [0.25, 0.3) is 5.91 Å². The Labute approximate surface area is 148 Å². The van der Waals surface area contributed by atoms with Crippen LogP contribution in [0.25, 0.3) is 6.08 Å². The van der Waals surface area contributed by atoms with E-state index in [1.807, 2.05) is 13.0 Å². The van der Waals surface area contributed by atoms with Gasteiger partial charge in [-0.1, -0.05) is 19.1 Å². The SMILES string of the molecule is CCOC(=O)/C(=C/c1cccc(NC(=O)c2ccc(Br)o2)c1)CC. The number of ether oxygens (including phenoxy) is 1. The average molecular weight is 392 g/mol. The molecule has 0 saturated carbocycles. The maximum atomic E-state index is 12.1. The molecule has 126 valence electrons. The molecule has 1 heterocycles. The number of esters is 1. The van der Waals surface area contributed by atoms with Crippen molar-refractivity contribution in [2.75, 3.05) is 11.9 Å². The lowest BCUT2D eigenvalue weighted by Crippen LogP contribution is -2.10. The van der Waals surface area contributed by atoms with E-state index in [4.69, 9.17) is 9.15 Å². The van der Waals surface area contributed by atoms with Crippen LogP contribution in [0.2, 0.25) is 0 Å². The Morgan fingerprint density at radius 2 is 2.04 bits per heavy atom. The van der Waals surface area contributed by atoms with Gasteiger partial charge in [-0.05, 0) is 65.2 Å². The molecule has 1 amide bonds. The average Bonchev–Trinajstić information content (AvgIpc) is 3.00. The fraction of sp³-hybridized carbons (Fsp3) is 0.222. The molecule has 5 nitrogen and oxygen atoms in total. The summed E-state index contributed by atoms with van der Waals surface area (Å²) in [6.45, 7) is 4.00. The summed E-state index contributed by atoms with van der Waals surface area (Å²) < 4.78 is 10.7. The molecule has 0 aliphatic rings. The van der Waals surface area contributed by atoms with E-state index in [-0.39, 0.29) is 17.6 Å². The topological polar surface area (TPSA) is 68.5 Å². The molecule has 1 aromatic carbocycles. The van der Waals surface area contributed by atoms with Gasteiger partial charge in [-0.25, -0.2) is 4.79 Å². The summed E-state index contributed by atoms with van der Waals surface area (Å²) in [6.07, 6.45) is 2.33. The van der Waals surface area contributed by atoms with Crippen LogP contribution in [0.1, 0.15) is 36.4 Å². The van der Waals surface area contributed by atoms with Crippen LogP contribution in [0.4, 0.5) is 5.69 Å². The van der Waals surface area contributed by atoms with Crippen molar-refractivity contribution in [3.8, 4) is 0 Å². The first-order valence-corrected chi connectivity index (χ1v) is 8.37. The largest absolute Gasteiger partial charge is 0.463 e. The number of amides is 1. The molecule has 0 spiro atoms. The second kappa shape index (κ2) is 8.49. The lowest BCUT2D eigenvalue weighted by atomic mass is 10.1. The van der Waals surface area contributed by atoms with Crippen molar-refractivity contribution in [2.24, 2.45) is 0 Å². The Kier molecular flexibility index (Phi) is 6.37. The number of benzene rings is 1. The lowest BCUT2D eigenvalue weighted by molar-refractivity contribution is -0.138. The minimum absolute atomic E-state index is 0.212. The number of hydrogen-bond acceptors (Lipinski definition) is 4. The van der Waals surface area contributed by atoms with Crippen molar-refractivity contribution in [3.05, 3.63) is 58.0 Å². The Balaban J connectivity index is 2.16. The van der Waals surface area contributed by atoms with Gasteiger partial charge in [-0.2, -0.15) is 0 Å². The van der Waals surface area contributed by atoms with Gasteiger partial charge in [0.1, 0.15) is 0 Å². The molecule has 0 atom stereocenters. The number of nitrogens with one attached hydrogen (secondary N) is 1. The van der Waals surface area contributed by atoms with Crippen molar-refractivity contribution < 1.29 is 18.7 Å². The molecule has 6 heteroatoms. The number of anilines is 1. The number of halogens is 1. The van der Waals surface area contributed by atoms with Gasteiger partial charge in [-0.15, -0.1) is 0 Å². The Morgan fingerprint density at radius 1 is 1.25 bits per heavy atom. The maximum Gasteiger partial charge on any atom is 0.333 e. The lowest BCUT2D eigenvalue weighted by Gasteiger charge is -2.07. The van der Waals surface area contributed by atoms with E-state index in [9.17, 15) is 9.59 Å². The van der Waals surface area contributed by atoms with Crippen LogP contribution in [0.15, 0.2) is 51.1 Å². The molecule has 0 unspecified atom stereocenters. The van der Waals surface area contributed by atoms with Gasteiger partial charge < -0.3 is 14.5 Å². The molecule has 2 rings (SSSR count). The van der Waals surface area contributed by atoms with Crippen LogP contribution in [0.5, 0.6) is 0 Å². The minimum atomic E-state index is -0.345. The molecule has 24 heavy (non-hydrogen) atoms. The van der Waals surface area contributed by atoms with Gasteiger partial charge in [0, 0.05) is 11.3 Å². The van der Waals surface area contributed by atoms with Gasteiger partial charge >= 0.3 is 5.97 Å². The quantitative estimate of drug-likeness (QED) is 0.574. The molecule has 1 N–H and O–H groups in total. The van der Waals surface area contributed by atoms with Crippen LogP contribution in [-0.4, -0.2) is 18.5 Å². The van der Waals surface area contributed by atoms with Crippen molar-refractivity contribution in [2.45, 2.75) is 20.3 Å². The van der Waals surface area contributed by atoms with Crippen molar-refractivity contribution in [1.82, 2.24) is 0 Å². The van der Waals surface area contributed by atoms with Crippen molar-refractivity contribution in [1.29, 1.82) is 0 Å². The fourth-order valence-electron chi connectivity index (χ4n) is 2.07. The van der Waals surface area contributed by atoms with Crippen molar-refractivity contribution in [3.63, 3.8) is 0 Å². The third-order valence-corrected chi connectivity index (χ3v) is 3.63. The first-order valence-electron chi connectivity index (χ1n) is 7.58. The summed E-state index contributed by atoms with van der Waals surface area (Å²) >= 11 is 3.16. The summed E-state index contributed by atoms with van der Waals surface area (Å²) in [4.78, 5) is 23.9. The standard InChI is InChI=1S/C18H18BrNO4/c1-3-13(18(22)23-4-2)10-12-6-5-7-14(11-12)20-17(21)15-8-9-16(19)24-15/h5-11H,3-4H2,1-2H3,(H,20,21)/b13-10+. The predicted octanol–water partition coefficient (Wildman–Crippen LogP) is 4.65. The number of furan rings is 1. The highest BCUT2D eigenvalue weighted by Crippen LogP contribution is 2.18. The number of hydrogen-bond donors (Lipinski definition) is 1. The highest BCUT2D eigenvalue weighted by Gasteiger charge is 2.11. The molecule has 0 radical (unpaired) electrons. The normalized spacial score (nSPS) is 11.2. The van der Waals surface area contributed by atoms with E-state index in [1.54, 1.807) is 43.3 Å². The summed E-state index contributed by atoms with van der Waals surface area (Å²) in [7, 11) is 0. The second-order valence-electron chi connectivity index (χ2n) is 4.93. The monoisotopic (exact) mass is 391 g/mol.